The second-order valence-corrected chi connectivity index (χ2v) is 5.21. The summed E-state index contributed by atoms with van der Waals surface area (Å²) in [6.45, 7) is 4.03. The Hall–Kier alpha value is -1.29. The van der Waals surface area contributed by atoms with E-state index in [1.54, 1.807) is 11.8 Å². The average Bonchev–Trinajstić information content (AvgIpc) is 2.64. The third-order valence-electron chi connectivity index (χ3n) is 3.26. The zero-order valence-corrected chi connectivity index (χ0v) is 9.99. The Labute approximate surface area is 98.5 Å². The summed E-state index contributed by atoms with van der Waals surface area (Å²) in [5.41, 5.74) is 1.18. The van der Waals surface area contributed by atoms with Crippen LogP contribution in [-0.2, 0) is 4.79 Å². The van der Waals surface area contributed by atoms with Gasteiger partial charge in [0.25, 0.3) is 5.91 Å². The van der Waals surface area contributed by atoms with Crippen LogP contribution in [0, 0.1) is 5.92 Å². The van der Waals surface area contributed by atoms with E-state index in [2.05, 4.69) is 28.9 Å². The number of hydrogen-bond acceptors (Lipinski definition) is 3. The number of hydrogen-bond donors (Lipinski definition) is 0. The first-order valence-electron chi connectivity index (χ1n) is 5.37. The fourth-order valence-electron chi connectivity index (χ4n) is 2.09. The van der Waals surface area contributed by atoms with Crippen LogP contribution >= 0.6 is 11.8 Å². The maximum atomic E-state index is 11.7. The van der Waals surface area contributed by atoms with Gasteiger partial charge in [0.2, 0.25) is 0 Å². The third-order valence-corrected chi connectivity index (χ3v) is 4.29. The summed E-state index contributed by atoms with van der Waals surface area (Å²) in [6, 6.07) is 8.39. The summed E-state index contributed by atoms with van der Waals surface area (Å²) in [6.07, 6.45) is 0. The van der Waals surface area contributed by atoms with E-state index in [1.165, 1.54) is 10.6 Å². The van der Waals surface area contributed by atoms with Gasteiger partial charge in [0, 0.05) is 10.9 Å². The van der Waals surface area contributed by atoms with Crippen LogP contribution in [0.15, 0.2) is 34.2 Å². The van der Waals surface area contributed by atoms with Gasteiger partial charge in [-0.2, -0.15) is 4.99 Å². The molecule has 0 radical (unpaired) electrons. The van der Waals surface area contributed by atoms with Gasteiger partial charge in [-0.05, 0) is 30.8 Å². The molecular formula is C12H12N2OS. The van der Waals surface area contributed by atoms with Gasteiger partial charge in [0.15, 0.2) is 5.17 Å². The molecule has 0 aromatic heterocycles. The van der Waals surface area contributed by atoms with Crippen molar-refractivity contribution in [3.63, 3.8) is 0 Å². The van der Waals surface area contributed by atoms with Crippen molar-refractivity contribution in [1.29, 1.82) is 0 Å². The number of nitrogens with zero attached hydrogens (tertiary/aromatic N) is 2. The summed E-state index contributed by atoms with van der Waals surface area (Å²) < 4.78 is 0. The maximum Gasteiger partial charge on any atom is 0.253 e. The molecule has 1 aromatic carbocycles. The highest BCUT2D eigenvalue weighted by Crippen LogP contribution is 2.43. The van der Waals surface area contributed by atoms with Gasteiger partial charge in [0.05, 0.1) is 11.6 Å². The van der Waals surface area contributed by atoms with Crippen LogP contribution in [-0.4, -0.2) is 17.1 Å². The molecule has 3 rings (SSSR count). The molecule has 82 valence electrons. The number of benzene rings is 1. The molecule has 2 unspecified atom stereocenters. The first-order valence-corrected chi connectivity index (χ1v) is 6.19. The summed E-state index contributed by atoms with van der Waals surface area (Å²) >= 11 is 1.58. The van der Waals surface area contributed by atoms with Crippen molar-refractivity contribution in [1.82, 2.24) is 0 Å². The van der Waals surface area contributed by atoms with Crippen molar-refractivity contribution in [3.8, 4) is 0 Å². The minimum Gasteiger partial charge on any atom is -0.316 e. The lowest BCUT2D eigenvalue weighted by Crippen LogP contribution is -2.45. The topological polar surface area (TPSA) is 32.7 Å². The Morgan fingerprint density at radius 1 is 1.31 bits per heavy atom. The number of para-hydroxylation sites is 1. The van der Waals surface area contributed by atoms with Crippen molar-refractivity contribution in [2.24, 2.45) is 10.9 Å². The van der Waals surface area contributed by atoms with E-state index in [1.807, 2.05) is 19.1 Å². The highest BCUT2D eigenvalue weighted by molar-refractivity contribution is 8.14. The van der Waals surface area contributed by atoms with Gasteiger partial charge in [-0.15, -0.1) is 0 Å². The Morgan fingerprint density at radius 2 is 2.06 bits per heavy atom. The molecule has 2 heterocycles. The zero-order chi connectivity index (χ0) is 11.3. The molecule has 16 heavy (non-hydrogen) atoms. The van der Waals surface area contributed by atoms with E-state index in [0.717, 1.165) is 5.17 Å². The number of rotatable bonds is 0. The molecule has 0 N–H and O–H groups in total. The van der Waals surface area contributed by atoms with Crippen LogP contribution in [0.2, 0.25) is 0 Å². The van der Waals surface area contributed by atoms with Crippen LogP contribution < -0.4 is 4.90 Å². The molecule has 0 aliphatic carbocycles. The lowest BCUT2D eigenvalue weighted by molar-refractivity contribution is -0.121. The van der Waals surface area contributed by atoms with Crippen molar-refractivity contribution in [2.75, 3.05) is 4.90 Å². The highest BCUT2D eigenvalue weighted by atomic mass is 32.2. The lowest BCUT2D eigenvalue weighted by Gasteiger charge is -2.33. The summed E-state index contributed by atoms with van der Waals surface area (Å²) in [5.74, 6) is -0.0328. The molecule has 1 aromatic rings. The largest absolute Gasteiger partial charge is 0.316 e. The van der Waals surface area contributed by atoms with E-state index in [0.29, 0.717) is 0 Å². The first-order chi connectivity index (χ1) is 7.68. The van der Waals surface area contributed by atoms with Gasteiger partial charge < -0.3 is 4.90 Å². The Balaban J connectivity index is 2.14. The fourth-order valence-corrected chi connectivity index (χ4v) is 3.20. The SMILES string of the molecule is CC1C(=O)N=C2Sc3ccccc3N2C1C. The molecule has 1 amide bonds. The second-order valence-electron chi connectivity index (χ2n) is 4.20. The smallest absolute Gasteiger partial charge is 0.253 e. The molecule has 0 bridgehead atoms. The minimum absolute atomic E-state index is 0.000874. The van der Waals surface area contributed by atoms with E-state index >= 15 is 0 Å². The standard InChI is InChI=1S/C12H12N2OS/c1-7-8(2)14-9-5-3-4-6-10(9)16-12(14)13-11(7)15/h3-8H,1-2H3. The van der Waals surface area contributed by atoms with E-state index in [9.17, 15) is 4.79 Å². The van der Waals surface area contributed by atoms with E-state index < -0.39 is 0 Å². The molecule has 2 atom stereocenters. The Bertz CT molecular complexity index is 498. The number of carbonyl (C=O) groups excluding carboxylic acids is 1. The van der Waals surface area contributed by atoms with Crippen molar-refractivity contribution >= 4 is 28.5 Å². The third kappa shape index (κ3) is 1.23. The molecule has 0 fully saturated rings. The van der Waals surface area contributed by atoms with Crippen LogP contribution in [0.4, 0.5) is 5.69 Å². The Kier molecular flexibility index (Phi) is 2.07. The van der Waals surface area contributed by atoms with Gasteiger partial charge in [0.1, 0.15) is 0 Å². The summed E-state index contributed by atoms with van der Waals surface area (Å²) in [7, 11) is 0. The maximum absolute atomic E-state index is 11.7. The van der Waals surface area contributed by atoms with Crippen LogP contribution in [0.25, 0.3) is 0 Å². The quantitative estimate of drug-likeness (QED) is 0.689. The molecule has 3 nitrogen and oxygen atoms in total. The van der Waals surface area contributed by atoms with Crippen molar-refractivity contribution in [3.05, 3.63) is 24.3 Å². The fraction of sp³-hybridized carbons (Fsp3) is 0.333. The van der Waals surface area contributed by atoms with Crippen LogP contribution in [0.5, 0.6) is 0 Å². The number of fused-ring (bicyclic) bond motifs is 3. The monoisotopic (exact) mass is 232 g/mol. The van der Waals surface area contributed by atoms with Gasteiger partial charge >= 0.3 is 0 Å². The lowest BCUT2D eigenvalue weighted by atomic mass is 10.00. The molecule has 2 aliphatic heterocycles. The molecule has 0 saturated heterocycles. The molecule has 2 aliphatic rings. The molecular weight excluding hydrogens is 220 g/mol. The Morgan fingerprint density at radius 3 is 2.88 bits per heavy atom. The first kappa shape index (κ1) is 9.90. The van der Waals surface area contributed by atoms with Crippen molar-refractivity contribution in [2.45, 2.75) is 24.8 Å². The van der Waals surface area contributed by atoms with Crippen LogP contribution in [0.1, 0.15) is 13.8 Å². The van der Waals surface area contributed by atoms with Crippen LogP contribution in [0.3, 0.4) is 0 Å². The van der Waals surface area contributed by atoms with E-state index in [4.69, 9.17) is 0 Å². The second kappa shape index (κ2) is 3.35. The zero-order valence-electron chi connectivity index (χ0n) is 9.18. The number of carbonyl (C=O) groups is 1. The molecule has 0 spiro atoms. The van der Waals surface area contributed by atoms with Crippen molar-refractivity contribution < 1.29 is 4.79 Å². The summed E-state index contributed by atoms with van der Waals surface area (Å²) in [4.78, 5) is 19.2. The van der Waals surface area contributed by atoms with Gasteiger partial charge in [-0.25, -0.2) is 0 Å². The minimum atomic E-state index is -0.0319. The normalized spacial score (nSPS) is 27.5. The van der Waals surface area contributed by atoms with Gasteiger partial charge in [-0.1, -0.05) is 19.1 Å². The predicted molar refractivity (Wildman–Crippen MR) is 65.8 cm³/mol. The number of anilines is 1. The van der Waals surface area contributed by atoms with E-state index in [-0.39, 0.29) is 17.9 Å². The molecule has 4 heteroatoms. The highest BCUT2D eigenvalue weighted by Gasteiger charge is 2.39. The number of aliphatic imine (C=N–C) groups is 1. The summed E-state index contributed by atoms with van der Waals surface area (Å²) in [5, 5.41) is 0.830. The number of amides is 1. The predicted octanol–water partition coefficient (Wildman–Crippen LogP) is 2.52. The number of amidine groups is 1. The van der Waals surface area contributed by atoms with Gasteiger partial charge in [-0.3, -0.25) is 4.79 Å². The molecule has 0 saturated carbocycles. The number of thioether (sulfide) groups is 1. The average molecular weight is 232 g/mol.